The molecule has 0 aromatic heterocycles. The molecule has 108 valence electrons. The van der Waals surface area contributed by atoms with Crippen molar-refractivity contribution in [3.63, 3.8) is 0 Å². The van der Waals surface area contributed by atoms with Crippen LogP contribution < -0.4 is 5.32 Å². The topological polar surface area (TPSA) is 92.7 Å². The van der Waals surface area contributed by atoms with Crippen molar-refractivity contribution in [1.29, 1.82) is 0 Å². The summed E-state index contributed by atoms with van der Waals surface area (Å²) >= 11 is 0. The van der Waals surface area contributed by atoms with E-state index in [0.717, 1.165) is 0 Å². The normalized spacial score (nSPS) is 9.85. The predicted octanol–water partition coefficient (Wildman–Crippen LogP) is 1.46. The molecule has 1 aromatic rings. The summed E-state index contributed by atoms with van der Waals surface area (Å²) in [4.78, 5) is 33.9. The van der Waals surface area contributed by atoms with Gasteiger partial charge in [0.15, 0.2) is 0 Å². The Morgan fingerprint density at radius 1 is 1.20 bits per heavy atom. The molecular formula is C14H17NO5. The molecule has 0 bridgehead atoms. The highest BCUT2D eigenvalue weighted by Gasteiger charge is 2.15. The van der Waals surface area contributed by atoms with Gasteiger partial charge < -0.3 is 15.2 Å². The van der Waals surface area contributed by atoms with Crippen molar-refractivity contribution in [3.05, 3.63) is 35.4 Å². The first-order chi connectivity index (χ1) is 9.56. The van der Waals surface area contributed by atoms with Crippen LogP contribution in [-0.2, 0) is 9.53 Å². The number of carboxylic acid groups (broad SMARTS) is 1. The minimum Gasteiger partial charge on any atom is -0.478 e. The summed E-state index contributed by atoms with van der Waals surface area (Å²) in [6.45, 7) is 2.34. The maximum atomic E-state index is 11.8. The highest BCUT2D eigenvalue weighted by Crippen LogP contribution is 2.08. The van der Waals surface area contributed by atoms with Crippen LogP contribution in [0.25, 0.3) is 0 Å². The Hall–Kier alpha value is -2.37. The van der Waals surface area contributed by atoms with Gasteiger partial charge in [-0.05, 0) is 25.5 Å². The van der Waals surface area contributed by atoms with Crippen LogP contribution >= 0.6 is 0 Å². The summed E-state index contributed by atoms with van der Waals surface area (Å²) in [7, 11) is 0. The molecule has 1 rings (SSSR count). The van der Waals surface area contributed by atoms with Gasteiger partial charge in [-0.1, -0.05) is 12.1 Å². The van der Waals surface area contributed by atoms with Crippen LogP contribution in [0.15, 0.2) is 24.3 Å². The molecule has 0 radical (unpaired) electrons. The van der Waals surface area contributed by atoms with Crippen LogP contribution in [0, 0.1) is 0 Å². The average molecular weight is 279 g/mol. The number of carbonyl (C=O) groups excluding carboxylic acids is 2. The standard InChI is InChI=1S/C14H17NO5/c1-2-20-12(16)8-5-9-15-13(17)10-6-3-4-7-11(10)14(18)19/h3-4,6-7H,2,5,8-9H2,1H3,(H,15,17)(H,18,19). The molecule has 0 heterocycles. The summed E-state index contributed by atoms with van der Waals surface area (Å²) in [6.07, 6.45) is 0.661. The third-order valence-electron chi connectivity index (χ3n) is 2.55. The van der Waals surface area contributed by atoms with E-state index in [1.807, 2.05) is 0 Å². The number of amides is 1. The number of esters is 1. The molecule has 6 nitrogen and oxygen atoms in total. The molecule has 6 heteroatoms. The molecule has 0 atom stereocenters. The van der Waals surface area contributed by atoms with E-state index in [-0.39, 0.29) is 30.1 Å². The Morgan fingerprint density at radius 2 is 1.85 bits per heavy atom. The Bertz CT molecular complexity index is 498. The first-order valence-electron chi connectivity index (χ1n) is 6.32. The Labute approximate surface area is 116 Å². The van der Waals surface area contributed by atoms with Crippen molar-refractivity contribution in [1.82, 2.24) is 5.32 Å². The third-order valence-corrected chi connectivity index (χ3v) is 2.55. The van der Waals surface area contributed by atoms with Gasteiger partial charge in [0.2, 0.25) is 0 Å². The molecular weight excluding hydrogens is 262 g/mol. The average Bonchev–Trinajstić information content (AvgIpc) is 2.43. The SMILES string of the molecule is CCOC(=O)CCCNC(=O)c1ccccc1C(=O)O. The predicted molar refractivity (Wildman–Crippen MR) is 71.6 cm³/mol. The fourth-order valence-electron chi connectivity index (χ4n) is 1.63. The lowest BCUT2D eigenvalue weighted by Crippen LogP contribution is -2.26. The Morgan fingerprint density at radius 3 is 2.45 bits per heavy atom. The summed E-state index contributed by atoms with van der Waals surface area (Å²) in [5, 5.41) is 11.6. The van der Waals surface area contributed by atoms with Crippen LogP contribution in [0.1, 0.15) is 40.5 Å². The molecule has 20 heavy (non-hydrogen) atoms. The van der Waals surface area contributed by atoms with Crippen molar-refractivity contribution in [2.24, 2.45) is 0 Å². The molecule has 0 spiro atoms. The lowest BCUT2D eigenvalue weighted by molar-refractivity contribution is -0.143. The second kappa shape index (κ2) is 7.93. The molecule has 2 N–H and O–H groups in total. The van der Waals surface area contributed by atoms with Crippen molar-refractivity contribution in [2.75, 3.05) is 13.2 Å². The van der Waals surface area contributed by atoms with Gasteiger partial charge in [0.05, 0.1) is 17.7 Å². The maximum Gasteiger partial charge on any atom is 0.336 e. The molecule has 0 unspecified atom stereocenters. The molecule has 0 fully saturated rings. The van der Waals surface area contributed by atoms with Gasteiger partial charge in [-0.3, -0.25) is 9.59 Å². The number of benzene rings is 1. The van der Waals surface area contributed by atoms with E-state index in [4.69, 9.17) is 9.84 Å². The van der Waals surface area contributed by atoms with Gasteiger partial charge in [0.25, 0.3) is 5.91 Å². The summed E-state index contributed by atoms with van der Waals surface area (Å²) in [5.74, 6) is -1.93. The lowest BCUT2D eigenvalue weighted by atomic mass is 10.1. The fourth-order valence-corrected chi connectivity index (χ4v) is 1.63. The number of nitrogens with one attached hydrogen (secondary N) is 1. The Balaban J connectivity index is 2.48. The summed E-state index contributed by atoms with van der Waals surface area (Å²) in [5.41, 5.74) is 0.0616. The van der Waals surface area contributed by atoms with Gasteiger partial charge in [-0.15, -0.1) is 0 Å². The van der Waals surface area contributed by atoms with E-state index in [0.29, 0.717) is 13.0 Å². The van der Waals surface area contributed by atoms with Crippen LogP contribution in [0.4, 0.5) is 0 Å². The number of hydrogen-bond donors (Lipinski definition) is 2. The van der Waals surface area contributed by atoms with Crippen molar-refractivity contribution in [2.45, 2.75) is 19.8 Å². The van der Waals surface area contributed by atoms with Crippen LogP contribution in [0.3, 0.4) is 0 Å². The third kappa shape index (κ3) is 4.72. The fraction of sp³-hybridized carbons (Fsp3) is 0.357. The molecule has 0 aliphatic rings. The largest absolute Gasteiger partial charge is 0.478 e. The van der Waals surface area contributed by atoms with Gasteiger partial charge >= 0.3 is 11.9 Å². The minimum atomic E-state index is -1.15. The van der Waals surface area contributed by atoms with Crippen molar-refractivity contribution >= 4 is 17.8 Å². The second-order valence-corrected chi connectivity index (χ2v) is 4.02. The maximum absolute atomic E-state index is 11.8. The first-order valence-corrected chi connectivity index (χ1v) is 6.32. The number of aromatic carboxylic acids is 1. The van der Waals surface area contributed by atoms with Crippen LogP contribution in [0.2, 0.25) is 0 Å². The smallest absolute Gasteiger partial charge is 0.336 e. The molecule has 1 aromatic carbocycles. The number of rotatable bonds is 7. The van der Waals surface area contributed by atoms with E-state index in [1.54, 1.807) is 19.1 Å². The lowest BCUT2D eigenvalue weighted by Gasteiger charge is -2.07. The molecule has 1 amide bonds. The highest BCUT2D eigenvalue weighted by atomic mass is 16.5. The van der Waals surface area contributed by atoms with Gasteiger partial charge in [-0.25, -0.2) is 4.79 Å². The van der Waals surface area contributed by atoms with E-state index >= 15 is 0 Å². The van der Waals surface area contributed by atoms with E-state index in [2.05, 4.69) is 5.32 Å². The number of carboxylic acids is 1. The van der Waals surface area contributed by atoms with Crippen LogP contribution in [-0.4, -0.2) is 36.1 Å². The number of ether oxygens (including phenoxy) is 1. The van der Waals surface area contributed by atoms with E-state index in [1.165, 1.54) is 12.1 Å². The Kier molecular flexibility index (Phi) is 6.22. The first kappa shape index (κ1) is 15.7. The zero-order valence-corrected chi connectivity index (χ0v) is 11.2. The van der Waals surface area contributed by atoms with E-state index in [9.17, 15) is 14.4 Å². The van der Waals surface area contributed by atoms with Gasteiger partial charge in [0, 0.05) is 13.0 Å². The highest BCUT2D eigenvalue weighted by molar-refractivity contribution is 6.04. The minimum absolute atomic E-state index is 0.0459. The molecule has 0 saturated heterocycles. The van der Waals surface area contributed by atoms with Crippen molar-refractivity contribution < 1.29 is 24.2 Å². The molecule has 0 aliphatic heterocycles. The number of hydrogen-bond acceptors (Lipinski definition) is 4. The summed E-state index contributed by atoms with van der Waals surface area (Å²) < 4.78 is 4.75. The summed E-state index contributed by atoms with van der Waals surface area (Å²) in [6, 6.07) is 5.97. The zero-order valence-electron chi connectivity index (χ0n) is 11.2. The number of carbonyl (C=O) groups is 3. The van der Waals surface area contributed by atoms with Gasteiger partial charge in [-0.2, -0.15) is 0 Å². The zero-order chi connectivity index (χ0) is 15.0. The van der Waals surface area contributed by atoms with Crippen molar-refractivity contribution in [3.8, 4) is 0 Å². The van der Waals surface area contributed by atoms with Crippen LogP contribution in [0.5, 0.6) is 0 Å². The van der Waals surface area contributed by atoms with E-state index < -0.39 is 11.9 Å². The second-order valence-electron chi connectivity index (χ2n) is 4.02. The van der Waals surface area contributed by atoms with Gasteiger partial charge in [0.1, 0.15) is 0 Å². The quantitative estimate of drug-likeness (QED) is 0.582. The molecule has 0 saturated carbocycles. The molecule has 0 aliphatic carbocycles. The monoisotopic (exact) mass is 279 g/mol.